The summed E-state index contributed by atoms with van der Waals surface area (Å²) in [6, 6.07) is 12.8. The maximum absolute atomic E-state index is 14.8. The van der Waals surface area contributed by atoms with Gasteiger partial charge in [0.1, 0.15) is 12.1 Å². The summed E-state index contributed by atoms with van der Waals surface area (Å²) in [7, 11) is 1.88. The Hall–Kier alpha value is -4.13. The van der Waals surface area contributed by atoms with E-state index in [4.69, 9.17) is 10.7 Å². The molecule has 5 rings (SSSR count). The van der Waals surface area contributed by atoms with Crippen LogP contribution in [0.4, 0.5) is 10.1 Å². The van der Waals surface area contributed by atoms with Crippen molar-refractivity contribution in [3.05, 3.63) is 90.7 Å². The molecule has 6 nitrogen and oxygen atoms in total. The van der Waals surface area contributed by atoms with Gasteiger partial charge >= 0.3 is 0 Å². The van der Waals surface area contributed by atoms with Gasteiger partial charge in [0.2, 0.25) is 0 Å². The summed E-state index contributed by atoms with van der Waals surface area (Å²) < 4.78 is 16.5. The SMILES string of the molecule is CC(c1cc(N)c2cc(-c3cnn(C)c3)ccc2n1)c1cc(-c2cncnc2)ccc1F. The van der Waals surface area contributed by atoms with Crippen LogP contribution in [0, 0.1) is 5.82 Å². The molecule has 0 bridgehead atoms. The third-order valence-electron chi connectivity index (χ3n) is 5.70. The number of nitrogen functional groups attached to an aromatic ring is 1. The number of hydrogen-bond acceptors (Lipinski definition) is 5. The maximum atomic E-state index is 14.8. The van der Waals surface area contributed by atoms with Crippen LogP contribution in [-0.4, -0.2) is 24.7 Å². The number of rotatable bonds is 4. The Morgan fingerprint density at radius 3 is 2.41 bits per heavy atom. The number of pyridine rings is 1. The number of nitrogens with zero attached hydrogens (tertiary/aromatic N) is 5. The van der Waals surface area contributed by atoms with E-state index in [1.807, 2.05) is 56.7 Å². The predicted molar refractivity (Wildman–Crippen MR) is 123 cm³/mol. The van der Waals surface area contributed by atoms with Gasteiger partial charge in [0.05, 0.1) is 17.4 Å². The number of nitrogens with two attached hydrogens (primary N) is 1. The van der Waals surface area contributed by atoms with Crippen LogP contribution in [0.15, 0.2) is 73.6 Å². The minimum atomic E-state index is -0.288. The predicted octanol–water partition coefficient (Wildman–Crippen LogP) is 4.97. The summed E-state index contributed by atoms with van der Waals surface area (Å²) in [6.45, 7) is 1.93. The molecule has 2 N–H and O–H groups in total. The first-order valence-corrected chi connectivity index (χ1v) is 10.2. The second kappa shape index (κ2) is 7.85. The Morgan fingerprint density at radius 2 is 1.66 bits per heavy atom. The molecular weight excluding hydrogens is 403 g/mol. The van der Waals surface area contributed by atoms with Gasteiger partial charge in [-0.1, -0.05) is 19.1 Å². The molecule has 0 aliphatic carbocycles. The number of benzene rings is 2. The highest BCUT2D eigenvalue weighted by molar-refractivity contribution is 5.93. The van der Waals surface area contributed by atoms with Crippen LogP contribution in [0.25, 0.3) is 33.2 Å². The fourth-order valence-electron chi connectivity index (χ4n) is 3.91. The van der Waals surface area contributed by atoms with Gasteiger partial charge in [-0.05, 0) is 47.0 Å². The molecular formula is C25H21FN6. The van der Waals surface area contributed by atoms with Gasteiger partial charge < -0.3 is 5.73 Å². The quantitative estimate of drug-likeness (QED) is 0.441. The molecule has 32 heavy (non-hydrogen) atoms. The molecule has 5 aromatic rings. The zero-order chi connectivity index (χ0) is 22.2. The van der Waals surface area contributed by atoms with E-state index in [1.165, 1.54) is 12.4 Å². The number of aromatic nitrogens is 5. The third-order valence-corrected chi connectivity index (χ3v) is 5.70. The molecule has 0 aliphatic rings. The molecule has 0 saturated heterocycles. The largest absolute Gasteiger partial charge is 0.398 e. The lowest BCUT2D eigenvalue weighted by Crippen LogP contribution is -2.04. The maximum Gasteiger partial charge on any atom is 0.127 e. The van der Waals surface area contributed by atoms with Gasteiger partial charge in [0.15, 0.2) is 0 Å². The Bertz CT molecular complexity index is 1430. The number of aryl methyl sites for hydroxylation is 1. The minimum absolute atomic E-state index is 0.287. The molecule has 7 heteroatoms. The van der Waals surface area contributed by atoms with E-state index in [1.54, 1.807) is 23.1 Å². The molecule has 0 spiro atoms. The summed E-state index contributed by atoms with van der Waals surface area (Å²) in [5, 5.41) is 5.09. The molecule has 0 saturated carbocycles. The van der Waals surface area contributed by atoms with E-state index in [0.29, 0.717) is 16.9 Å². The molecule has 3 heterocycles. The van der Waals surface area contributed by atoms with E-state index < -0.39 is 0 Å². The van der Waals surface area contributed by atoms with Crippen LogP contribution in [0.5, 0.6) is 0 Å². The van der Waals surface area contributed by atoms with E-state index in [0.717, 1.165) is 33.2 Å². The highest BCUT2D eigenvalue weighted by Crippen LogP contribution is 2.33. The fourth-order valence-corrected chi connectivity index (χ4v) is 3.91. The van der Waals surface area contributed by atoms with Crippen molar-refractivity contribution < 1.29 is 4.39 Å². The first kappa shape index (κ1) is 19.8. The van der Waals surface area contributed by atoms with Crippen molar-refractivity contribution in [2.75, 3.05) is 5.73 Å². The molecule has 3 aromatic heterocycles. The van der Waals surface area contributed by atoms with Crippen molar-refractivity contribution >= 4 is 16.6 Å². The fraction of sp³-hybridized carbons (Fsp3) is 0.120. The second-order valence-corrected chi connectivity index (χ2v) is 7.86. The third kappa shape index (κ3) is 3.58. The first-order chi connectivity index (χ1) is 15.5. The van der Waals surface area contributed by atoms with Crippen molar-refractivity contribution in [1.29, 1.82) is 0 Å². The molecule has 2 aromatic carbocycles. The lowest BCUT2D eigenvalue weighted by molar-refractivity contribution is 0.601. The van der Waals surface area contributed by atoms with Gasteiger partial charge in [-0.2, -0.15) is 5.10 Å². The summed E-state index contributed by atoms with van der Waals surface area (Å²) in [4.78, 5) is 12.9. The summed E-state index contributed by atoms with van der Waals surface area (Å²) >= 11 is 0. The highest BCUT2D eigenvalue weighted by atomic mass is 19.1. The van der Waals surface area contributed by atoms with Crippen LogP contribution in [-0.2, 0) is 7.05 Å². The lowest BCUT2D eigenvalue weighted by atomic mass is 9.93. The average Bonchev–Trinajstić information content (AvgIpc) is 3.25. The van der Waals surface area contributed by atoms with Crippen LogP contribution in [0.3, 0.4) is 0 Å². The molecule has 0 aliphatic heterocycles. The Labute approximate surface area is 184 Å². The monoisotopic (exact) mass is 424 g/mol. The number of anilines is 1. The Kier molecular flexibility index (Phi) is 4.86. The molecule has 0 radical (unpaired) electrons. The second-order valence-electron chi connectivity index (χ2n) is 7.86. The van der Waals surface area contributed by atoms with Crippen molar-refractivity contribution in [1.82, 2.24) is 24.7 Å². The van der Waals surface area contributed by atoms with Gasteiger partial charge in [-0.15, -0.1) is 0 Å². The lowest BCUT2D eigenvalue weighted by Gasteiger charge is -2.16. The highest BCUT2D eigenvalue weighted by Gasteiger charge is 2.18. The van der Waals surface area contributed by atoms with Crippen LogP contribution < -0.4 is 5.73 Å². The van der Waals surface area contributed by atoms with Gasteiger partial charge in [-0.25, -0.2) is 14.4 Å². The molecule has 0 fully saturated rings. The van der Waals surface area contributed by atoms with E-state index >= 15 is 0 Å². The van der Waals surface area contributed by atoms with E-state index in [2.05, 4.69) is 15.1 Å². The summed E-state index contributed by atoms with van der Waals surface area (Å²) in [6.07, 6.45) is 8.66. The van der Waals surface area contributed by atoms with Gasteiger partial charge in [0.25, 0.3) is 0 Å². The minimum Gasteiger partial charge on any atom is -0.398 e. The van der Waals surface area contributed by atoms with Crippen LogP contribution in [0.2, 0.25) is 0 Å². The summed E-state index contributed by atoms with van der Waals surface area (Å²) in [5.74, 6) is -0.574. The summed E-state index contributed by atoms with van der Waals surface area (Å²) in [5.41, 5.74) is 12.8. The van der Waals surface area contributed by atoms with Crippen molar-refractivity contribution in [2.24, 2.45) is 7.05 Å². The Balaban J connectivity index is 1.55. The first-order valence-electron chi connectivity index (χ1n) is 10.2. The average molecular weight is 424 g/mol. The molecule has 0 amide bonds. The zero-order valence-electron chi connectivity index (χ0n) is 17.7. The molecule has 158 valence electrons. The standard InChI is InChI=1S/C25H21FN6/c1-15(20-7-16(3-5-22(20)26)18-10-28-14-29-11-18)25-9-23(27)21-8-17(4-6-24(21)31-25)19-12-30-32(2)13-19/h3-15H,1-2H3,(H2,27,31). The van der Waals surface area contributed by atoms with Gasteiger partial charge in [0, 0.05) is 53.8 Å². The van der Waals surface area contributed by atoms with Gasteiger partial charge in [-0.3, -0.25) is 9.67 Å². The topological polar surface area (TPSA) is 82.5 Å². The van der Waals surface area contributed by atoms with Crippen LogP contribution >= 0.6 is 0 Å². The molecule has 1 unspecified atom stereocenters. The van der Waals surface area contributed by atoms with Crippen LogP contribution in [0.1, 0.15) is 24.1 Å². The smallest absolute Gasteiger partial charge is 0.127 e. The molecule has 1 atom stereocenters. The van der Waals surface area contributed by atoms with Crippen molar-refractivity contribution in [2.45, 2.75) is 12.8 Å². The number of fused-ring (bicyclic) bond motifs is 1. The van der Waals surface area contributed by atoms with E-state index in [-0.39, 0.29) is 11.7 Å². The van der Waals surface area contributed by atoms with E-state index in [9.17, 15) is 4.39 Å². The van der Waals surface area contributed by atoms with Crippen molar-refractivity contribution in [3.63, 3.8) is 0 Å². The number of hydrogen-bond donors (Lipinski definition) is 1. The van der Waals surface area contributed by atoms with Crippen molar-refractivity contribution in [3.8, 4) is 22.3 Å². The zero-order valence-corrected chi connectivity index (χ0v) is 17.7. The normalized spacial score (nSPS) is 12.2. The Morgan fingerprint density at radius 1 is 0.906 bits per heavy atom. The number of halogens is 1.